The van der Waals surface area contributed by atoms with Crippen LogP contribution in [0.5, 0.6) is 0 Å². The number of aromatic nitrogens is 2. The Morgan fingerprint density at radius 2 is 2.17 bits per heavy atom. The minimum absolute atomic E-state index is 0. The van der Waals surface area contributed by atoms with Crippen molar-refractivity contribution < 1.29 is 33.5 Å². The van der Waals surface area contributed by atoms with E-state index < -0.39 is 11.4 Å². The maximum atomic E-state index is 11.4. The Balaban J connectivity index is 0.00000162. The van der Waals surface area contributed by atoms with Crippen molar-refractivity contribution >= 4 is 17.7 Å². The molecule has 92 valence electrons. The molecule has 0 amide bonds. The van der Waals surface area contributed by atoms with Gasteiger partial charge in [-0.1, -0.05) is 11.8 Å². The monoisotopic (exact) mass is 260 g/mol. The van der Waals surface area contributed by atoms with Gasteiger partial charge in [-0.2, -0.15) is 0 Å². The summed E-state index contributed by atoms with van der Waals surface area (Å²) in [5.74, 6) is -1.08. The van der Waals surface area contributed by atoms with Gasteiger partial charge in [-0.05, 0) is 25.2 Å². The molecule has 0 N–H and O–H groups in total. The molecule has 0 spiro atoms. The van der Waals surface area contributed by atoms with E-state index in [0.29, 0.717) is 36.9 Å². The van der Waals surface area contributed by atoms with Gasteiger partial charge >= 0.3 is 18.9 Å². The molecule has 0 saturated carbocycles. The van der Waals surface area contributed by atoms with Crippen LogP contribution in [0.1, 0.15) is 18.5 Å². The zero-order valence-corrected chi connectivity index (χ0v) is 11.3. The molecule has 0 bridgehead atoms. The van der Waals surface area contributed by atoms with E-state index in [0.717, 1.165) is 0 Å². The van der Waals surface area contributed by atoms with Crippen molar-refractivity contribution in [3.05, 3.63) is 18.0 Å². The molecule has 0 atom stereocenters. The molecule has 2 heterocycles. The summed E-state index contributed by atoms with van der Waals surface area (Å²) in [7, 11) is 0. The molecule has 1 saturated heterocycles. The fourth-order valence-electron chi connectivity index (χ4n) is 1.99. The fourth-order valence-corrected chi connectivity index (χ4v) is 2.35. The summed E-state index contributed by atoms with van der Waals surface area (Å²) >= 11 is 1.39. The summed E-state index contributed by atoms with van der Waals surface area (Å²) < 4.78 is 5.21. The minimum atomic E-state index is -1.08. The molecule has 18 heavy (non-hydrogen) atoms. The van der Waals surface area contributed by atoms with E-state index in [9.17, 15) is 9.90 Å². The predicted molar refractivity (Wildman–Crippen MR) is 60.6 cm³/mol. The number of ether oxygens (including phenoxy) is 1. The molecule has 1 aromatic rings. The molecule has 0 unspecified atom stereocenters. The predicted octanol–water partition coefficient (Wildman–Crippen LogP) is -3.00. The van der Waals surface area contributed by atoms with Crippen molar-refractivity contribution in [1.82, 2.24) is 9.97 Å². The van der Waals surface area contributed by atoms with Crippen molar-refractivity contribution in [3.8, 4) is 0 Å². The van der Waals surface area contributed by atoms with E-state index in [2.05, 4.69) is 9.97 Å². The van der Waals surface area contributed by atoms with Crippen LogP contribution in [0.3, 0.4) is 0 Å². The van der Waals surface area contributed by atoms with Gasteiger partial charge in [-0.25, -0.2) is 9.97 Å². The topological polar surface area (TPSA) is 75.1 Å². The molecule has 0 aromatic carbocycles. The number of thioether (sulfide) groups is 1. The Labute approximate surface area is 122 Å². The van der Waals surface area contributed by atoms with E-state index >= 15 is 0 Å². The maximum Gasteiger partial charge on any atom is 1.00 e. The third kappa shape index (κ3) is 2.89. The molecule has 1 aromatic heterocycles. The summed E-state index contributed by atoms with van der Waals surface area (Å²) in [5, 5.41) is 12.0. The maximum absolute atomic E-state index is 11.4. The third-order valence-electron chi connectivity index (χ3n) is 3.04. The first-order valence-electron chi connectivity index (χ1n) is 5.36. The molecular formula is C11H13LiN2O3S. The van der Waals surface area contributed by atoms with E-state index in [1.807, 2.05) is 6.26 Å². The van der Waals surface area contributed by atoms with Gasteiger partial charge < -0.3 is 14.6 Å². The molecule has 7 heteroatoms. The second-order valence-electron chi connectivity index (χ2n) is 3.91. The number of hydrogen-bond acceptors (Lipinski definition) is 6. The summed E-state index contributed by atoms with van der Waals surface area (Å²) in [6.45, 7) is 0.846. The van der Waals surface area contributed by atoms with Crippen molar-refractivity contribution in [2.24, 2.45) is 0 Å². The molecule has 5 nitrogen and oxygen atoms in total. The average Bonchev–Trinajstić information content (AvgIpc) is 2.39. The molecule has 1 aliphatic heterocycles. The summed E-state index contributed by atoms with van der Waals surface area (Å²) in [6.07, 6.45) is 4.25. The molecule has 1 aliphatic rings. The van der Waals surface area contributed by atoms with Crippen molar-refractivity contribution in [1.29, 1.82) is 0 Å². The van der Waals surface area contributed by atoms with Gasteiger partial charge in [0.15, 0.2) is 5.16 Å². The molecular weight excluding hydrogens is 247 g/mol. The van der Waals surface area contributed by atoms with Crippen LogP contribution in [0, 0.1) is 0 Å². The van der Waals surface area contributed by atoms with Crippen LogP contribution in [-0.2, 0) is 14.9 Å². The first kappa shape index (κ1) is 15.5. The number of nitrogens with zero attached hydrogens (tertiary/aromatic N) is 2. The fraction of sp³-hybridized carbons (Fsp3) is 0.545. The summed E-state index contributed by atoms with van der Waals surface area (Å²) in [6, 6.07) is 1.65. The Kier molecular flexibility index (Phi) is 5.67. The Morgan fingerprint density at radius 3 is 2.72 bits per heavy atom. The van der Waals surface area contributed by atoms with Gasteiger partial charge in [-0.3, -0.25) is 0 Å². The standard InChI is InChI=1S/C11H14N2O3S.Li/c1-17-10-12-5-2-8(13-10)11(9(14)15)3-6-16-7-4-11;/h2,5H,3-4,6-7H2,1H3,(H,14,15);/q;+1/p-1. The second kappa shape index (κ2) is 6.57. The number of carbonyl (C=O) groups excluding carboxylic acids is 1. The van der Waals surface area contributed by atoms with Gasteiger partial charge in [0.25, 0.3) is 0 Å². The Bertz CT molecular complexity index is 425. The van der Waals surface area contributed by atoms with Crippen molar-refractivity contribution in [3.63, 3.8) is 0 Å². The van der Waals surface area contributed by atoms with Crippen LogP contribution in [0.4, 0.5) is 0 Å². The van der Waals surface area contributed by atoms with Crippen LogP contribution < -0.4 is 24.0 Å². The van der Waals surface area contributed by atoms with Gasteiger partial charge in [0.1, 0.15) is 0 Å². The smallest absolute Gasteiger partial charge is 0.549 e. The van der Waals surface area contributed by atoms with Crippen molar-refractivity contribution in [2.45, 2.75) is 23.4 Å². The number of hydrogen-bond donors (Lipinski definition) is 0. The van der Waals surface area contributed by atoms with Crippen LogP contribution in [0.15, 0.2) is 17.4 Å². The van der Waals surface area contributed by atoms with Gasteiger partial charge in [0.2, 0.25) is 0 Å². The number of carbonyl (C=O) groups is 1. The quantitative estimate of drug-likeness (QED) is 0.327. The molecule has 0 radical (unpaired) electrons. The summed E-state index contributed by atoms with van der Waals surface area (Å²) in [5.41, 5.74) is -0.494. The SMILES string of the molecule is CSc1nccc(C2(C(=O)[O-])CCOCC2)n1.[Li+]. The first-order chi connectivity index (χ1) is 8.19. The third-order valence-corrected chi connectivity index (χ3v) is 3.61. The molecule has 1 fully saturated rings. The van der Waals surface area contributed by atoms with E-state index in [-0.39, 0.29) is 18.9 Å². The van der Waals surface area contributed by atoms with Crippen LogP contribution in [-0.4, -0.2) is 35.4 Å². The average molecular weight is 260 g/mol. The van der Waals surface area contributed by atoms with E-state index in [1.54, 1.807) is 12.3 Å². The largest absolute Gasteiger partial charge is 1.00 e. The second-order valence-corrected chi connectivity index (χ2v) is 4.68. The van der Waals surface area contributed by atoms with E-state index in [4.69, 9.17) is 4.74 Å². The van der Waals surface area contributed by atoms with Crippen LogP contribution in [0.25, 0.3) is 0 Å². The minimum Gasteiger partial charge on any atom is -0.549 e. The van der Waals surface area contributed by atoms with Gasteiger partial charge in [0.05, 0.1) is 17.1 Å². The van der Waals surface area contributed by atoms with E-state index in [1.165, 1.54) is 11.8 Å². The Hall–Kier alpha value is -0.543. The van der Waals surface area contributed by atoms with Gasteiger partial charge in [-0.15, -0.1) is 0 Å². The van der Waals surface area contributed by atoms with Crippen LogP contribution in [0.2, 0.25) is 0 Å². The summed E-state index contributed by atoms with van der Waals surface area (Å²) in [4.78, 5) is 19.8. The Morgan fingerprint density at radius 1 is 1.50 bits per heavy atom. The number of carboxylic acid groups (broad SMARTS) is 1. The van der Waals surface area contributed by atoms with Gasteiger partial charge in [0, 0.05) is 19.4 Å². The zero-order valence-electron chi connectivity index (χ0n) is 10.5. The number of carboxylic acids is 1. The molecule has 0 aliphatic carbocycles. The normalized spacial score (nSPS) is 17.8. The number of aliphatic carboxylic acids is 1. The zero-order chi connectivity index (χ0) is 12.3. The number of rotatable bonds is 3. The first-order valence-corrected chi connectivity index (χ1v) is 6.58. The van der Waals surface area contributed by atoms with Crippen LogP contribution >= 0.6 is 11.8 Å². The molecule has 2 rings (SSSR count). The van der Waals surface area contributed by atoms with Crippen molar-refractivity contribution in [2.75, 3.05) is 19.5 Å².